The second-order valence-electron chi connectivity index (χ2n) is 3.63. The Morgan fingerprint density at radius 3 is 2.64 bits per heavy atom. The number of ether oxygens (including phenoxy) is 2. The van der Waals surface area contributed by atoms with Crippen molar-refractivity contribution in [3.05, 3.63) is 0 Å². The van der Waals surface area contributed by atoms with E-state index in [1.165, 1.54) is 7.11 Å². The molecule has 1 rings (SSSR count). The quantitative estimate of drug-likeness (QED) is 0.473. The summed E-state index contributed by atoms with van der Waals surface area (Å²) < 4.78 is 9.63. The van der Waals surface area contributed by atoms with E-state index in [2.05, 4.69) is 10.1 Å². The highest BCUT2D eigenvalue weighted by molar-refractivity contribution is 6.32. The second kappa shape index (κ2) is 3.96. The van der Waals surface area contributed by atoms with Crippen LogP contribution in [0.2, 0.25) is 0 Å². The number of carbonyl (C=O) groups excluding carboxylic acids is 2. The summed E-state index contributed by atoms with van der Waals surface area (Å²) in [4.78, 5) is 22.1. The highest BCUT2D eigenvalue weighted by Gasteiger charge is 2.39. The van der Waals surface area contributed by atoms with Gasteiger partial charge in [0.1, 0.15) is 0 Å². The zero-order valence-electron chi connectivity index (χ0n) is 8.62. The van der Waals surface area contributed by atoms with Crippen LogP contribution >= 0.6 is 0 Å². The molecule has 1 saturated heterocycles. The molecule has 80 valence electrons. The van der Waals surface area contributed by atoms with Crippen LogP contribution in [-0.2, 0) is 19.1 Å². The summed E-state index contributed by atoms with van der Waals surface area (Å²) in [5, 5.41) is 2.62. The largest absolute Gasteiger partial charge is 0.462 e. The molecular formula is C9H15NO4. The number of nitrogens with one attached hydrogen (secondary N) is 1. The molecule has 1 fully saturated rings. The van der Waals surface area contributed by atoms with Gasteiger partial charge in [-0.25, -0.2) is 4.79 Å². The van der Waals surface area contributed by atoms with Gasteiger partial charge in [0, 0.05) is 6.61 Å². The molecule has 2 unspecified atom stereocenters. The van der Waals surface area contributed by atoms with Gasteiger partial charge in [-0.15, -0.1) is 0 Å². The van der Waals surface area contributed by atoms with Gasteiger partial charge >= 0.3 is 11.9 Å². The second-order valence-corrected chi connectivity index (χ2v) is 3.63. The lowest BCUT2D eigenvalue weighted by atomic mass is 9.95. The summed E-state index contributed by atoms with van der Waals surface area (Å²) in [7, 11) is 1.18. The van der Waals surface area contributed by atoms with Crippen molar-refractivity contribution in [2.24, 2.45) is 0 Å². The third kappa shape index (κ3) is 2.04. The van der Waals surface area contributed by atoms with E-state index in [1.54, 1.807) is 0 Å². The summed E-state index contributed by atoms with van der Waals surface area (Å²) >= 11 is 0. The lowest BCUT2D eigenvalue weighted by Gasteiger charge is -2.27. The van der Waals surface area contributed by atoms with Crippen LogP contribution in [0.5, 0.6) is 0 Å². The average molecular weight is 201 g/mol. The van der Waals surface area contributed by atoms with E-state index in [0.29, 0.717) is 13.0 Å². The van der Waals surface area contributed by atoms with Crippen molar-refractivity contribution in [3.63, 3.8) is 0 Å². The lowest BCUT2D eigenvalue weighted by molar-refractivity contribution is -0.153. The predicted molar refractivity (Wildman–Crippen MR) is 48.6 cm³/mol. The van der Waals surface area contributed by atoms with E-state index in [4.69, 9.17) is 4.74 Å². The maximum Gasteiger partial charge on any atom is 0.396 e. The molecule has 1 amide bonds. The van der Waals surface area contributed by atoms with Gasteiger partial charge in [0.05, 0.1) is 18.8 Å². The van der Waals surface area contributed by atoms with Gasteiger partial charge in [0.15, 0.2) is 0 Å². The molecule has 5 heteroatoms. The van der Waals surface area contributed by atoms with Gasteiger partial charge in [0.2, 0.25) is 0 Å². The highest BCUT2D eigenvalue weighted by atomic mass is 16.5. The molecule has 2 atom stereocenters. The summed E-state index contributed by atoms with van der Waals surface area (Å²) in [6.45, 7) is 4.31. The molecule has 0 aromatic rings. The number of hydrogen-bond donors (Lipinski definition) is 1. The third-order valence-corrected chi connectivity index (χ3v) is 2.66. The Morgan fingerprint density at radius 2 is 2.21 bits per heavy atom. The Morgan fingerprint density at radius 1 is 1.57 bits per heavy atom. The van der Waals surface area contributed by atoms with E-state index in [9.17, 15) is 9.59 Å². The van der Waals surface area contributed by atoms with Gasteiger partial charge in [0.25, 0.3) is 0 Å². The first-order valence-electron chi connectivity index (χ1n) is 4.51. The topological polar surface area (TPSA) is 64.6 Å². The number of hydrogen-bond acceptors (Lipinski definition) is 4. The molecule has 14 heavy (non-hydrogen) atoms. The number of esters is 1. The highest BCUT2D eigenvalue weighted by Crippen LogP contribution is 2.24. The van der Waals surface area contributed by atoms with Crippen LogP contribution in [0, 0.1) is 0 Å². The minimum Gasteiger partial charge on any atom is -0.462 e. The number of methoxy groups -OCH3 is 1. The first-order chi connectivity index (χ1) is 6.49. The molecule has 0 aromatic heterocycles. The lowest BCUT2D eigenvalue weighted by Crippen LogP contribution is -2.52. The fourth-order valence-electron chi connectivity index (χ4n) is 1.40. The fraction of sp³-hybridized carbons (Fsp3) is 0.778. The molecule has 0 bridgehead atoms. The minimum absolute atomic E-state index is 0.0869. The summed E-state index contributed by atoms with van der Waals surface area (Å²) in [6, 6.07) is 0. The Balaban J connectivity index is 2.59. The van der Waals surface area contributed by atoms with Crippen molar-refractivity contribution in [3.8, 4) is 0 Å². The zero-order valence-corrected chi connectivity index (χ0v) is 8.62. The van der Waals surface area contributed by atoms with Crippen molar-refractivity contribution in [1.29, 1.82) is 0 Å². The van der Waals surface area contributed by atoms with Gasteiger partial charge in [-0.2, -0.15) is 0 Å². The number of carbonyl (C=O) groups is 2. The van der Waals surface area contributed by atoms with Gasteiger partial charge in [-0.05, 0) is 20.3 Å². The molecular weight excluding hydrogens is 186 g/mol. The smallest absolute Gasteiger partial charge is 0.396 e. The van der Waals surface area contributed by atoms with Crippen LogP contribution in [0.25, 0.3) is 0 Å². The molecule has 0 spiro atoms. The van der Waals surface area contributed by atoms with Gasteiger partial charge < -0.3 is 14.8 Å². The molecule has 1 aliphatic rings. The van der Waals surface area contributed by atoms with Gasteiger partial charge in [-0.3, -0.25) is 4.79 Å². The van der Waals surface area contributed by atoms with E-state index < -0.39 is 17.4 Å². The summed E-state index contributed by atoms with van der Waals surface area (Å²) in [5.41, 5.74) is -0.467. The van der Waals surface area contributed by atoms with Crippen LogP contribution in [0.1, 0.15) is 20.3 Å². The van der Waals surface area contributed by atoms with Crippen LogP contribution in [0.15, 0.2) is 0 Å². The average Bonchev–Trinajstić information content (AvgIpc) is 2.45. The monoisotopic (exact) mass is 201 g/mol. The molecule has 0 radical (unpaired) electrons. The Bertz CT molecular complexity index is 253. The maximum atomic E-state index is 11.2. The summed E-state index contributed by atoms with van der Waals surface area (Å²) in [6.07, 6.45) is 0.618. The Hall–Kier alpha value is -1.10. The van der Waals surface area contributed by atoms with Crippen molar-refractivity contribution in [2.75, 3.05) is 13.7 Å². The molecule has 0 aliphatic carbocycles. The van der Waals surface area contributed by atoms with Crippen LogP contribution in [0.4, 0.5) is 0 Å². The van der Waals surface area contributed by atoms with Crippen LogP contribution in [0.3, 0.4) is 0 Å². The first kappa shape index (κ1) is 11.0. The fourth-order valence-corrected chi connectivity index (χ4v) is 1.40. The third-order valence-electron chi connectivity index (χ3n) is 2.66. The van der Waals surface area contributed by atoms with Crippen molar-refractivity contribution in [2.45, 2.75) is 31.9 Å². The first-order valence-corrected chi connectivity index (χ1v) is 4.51. The SMILES string of the molecule is COC(=O)C(=O)NC1(C)CCOC1C. The molecule has 5 nitrogen and oxygen atoms in total. The van der Waals surface area contributed by atoms with E-state index >= 15 is 0 Å². The van der Waals surface area contributed by atoms with Crippen molar-refractivity contribution >= 4 is 11.9 Å². The van der Waals surface area contributed by atoms with E-state index in [1.807, 2.05) is 13.8 Å². The van der Waals surface area contributed by atoms with Gasteiger partial charge in [-0.1, -0.05) is 0 Å². The number of rotatable bonds is 1. The standard InChI is InChI=1S/C9H15NO4/c1-6-9(2,4-5-14-6)10-7(11)8(12)13-3/h6H,4-5H2,1-3H3,(H,10,11). The maximum absolute atomic E-state index is 11.2. The normalized spacial score (nSPS) is 31.2. The molecule has 0 saturated carbocycles. The number of amides is 1. The van der Waals surface area contributed by atoms with Crippen LogP contribution in [-0.4, -0.2) is 37.2 Å². The van der Waals surface area contributed by atoms with Crippen molar-refractivity contribution < 1.29 is 19.1 Å². The van der Waals surface area contributed by atoms with E-state index in [-0.39, 0.29) is 6.10 Å². The zero-order chi connectivity index (χ0) is 10.8. The van der Waals surface area contributed by atoms with Crippen LogP contribution < -0.4 is 5.32 Å². The van der Waals surface area contributed by atoms with E-state index in [0.717, 1.165) is 0 Å². The van der Waals surface area contributed by atoms with Crippen molar-refractivity contribution in [1.82, 2.24) is 5.32 Å². The molecule has 0 aromatic carbocycles. The minimum atomic E-state index is -0.870. The summed E-state index contributed by atoms with van der Waals surface area (Å²) in [5.74, 6) is -1.59. The Kier molecular flexibility index (Phi) is 3.10. The molecule has 1 heterocycles. The molecule has 1 N–H and O–H groups in total. The predicted octanol–water partition coefficient (Wildman–Crippen LogP) is -0.157. The molecule has 1 aliphatic heterocycles. The Labute approximate surface area is 82.8 Å².